The number of para-hydroxylation sites is 2. The number of aromatic nitrogens is 3. The normalized spacial score (nSPS) is 11.8. The molecule has 44 heavy (non-hydrogen) atoms. The molecule has 0 unspecified atom stereocenters. The van der Waals surface area contributed by atoms with Gasteiger partial charge in [0.2, 0.25) is 5.90 Å². The molecule has 0 aliphatic rings. The molecule has 0 saturated carbocycles. The third-order valence-corrected chi connectivity index (χ3v) is 8.66. The predicted octanol–water partition coefficient (Wildman–Crippen LogP) is 9.43. The van der Waals surface area contributed by atoms with Gasteiger partial charge in [-0.15, -0.1) is 0 Å². The van der Waals surface area contributed by atoms with Gasteiger partial charge in [0.05, 0.1) is 27.6 Å². The first-order chi connectivity index (χ1) is 21.7. The second kappa shape index (κ2) is 9.54. The molecule has 0 spiro atoms. The van der Waals surface area contributed by atoms with Crippen molar-refractivity contribution in [3.63, 3.8) is 0 Å². The molecule has 3 aromatic heterocycles. The van der Waals surface area contributed by atoms with Gasteiger partial charge in [-0.25, -0.2) is 4.98 Å². The van der Waals surface area contributed by atoms with E-state index in [4.69, 9.17) is 15.1 Å². The molecule has 0 radical (unpaired) electrons. The quantitative estimate of drug-likeness (QED) is 0.131. The number of imidazole rings is 1. The van der Waals surface area contributed by atoms with E-state index in [1.807, 2.05) is 42.5 Å². The Hall–Kier alpha value is -5.94. The fourth-order valence-corrected chi connectivity index (χ4v) is 6.63. The van der Waals surface area contributed by atoms with Gasteiger partial charge in [0.1, 0.15) is 12.3 Å². The molecule has 5 nitrogen and oxygen atoms in total. The van der Waals surface area contributed by atoms with Gasteiger partial charge in [-0.2, -0.15) is 0 Å². The Kier molecular flexibility index (Phi) is 5.34. The van der Waals surface area contributed by atoms with Crippen LogP contribution in [0.15, 0.2) is 140 Å². The van der Waals surface area contributed by atoms with Gasteiger partial charge in [-0.05, 0) is 59.5 Å². The summed E-state index contributed by atoms with van der Waals surface area (Å²) < 4.78 is 10.4. The maximum atomic E-state index is 8.52. The molecule has 0 atom stereocenters. The summed E-state index contributed by atoms with van der Waals surface area (Å²) >= 11 is 0. The zero-order valence-electron chi connectivity index (χ0n) is 23.7. The van der Waals surface area contributed by atoms with Crippen molar-refractivity contribution < 1.29 is 4.74 Å². The molecule has 6 aromatic carbocycles. The molecule has 3 heterocycles. The minimum atomic E-state index is 0.161. The van der Waals surface area contributed by atoms with Crippen LogP contribution in [0.1, 0.15) is 11.1 Å². The highest BCUT2D eigenvalue weighted by Crippen LogP contribution is 2.37. The van der Waals surface area contributed by atoms with Crippen molar-refractivity contribution in [2.75, 3.05) is 0 Å². The molecule has 0 bridgehead atoms. The Labute approximate surface area is 252 Å². The highest BCUT2D eigenvalue weighted by molar-refractivity contribution is 6.17. The van der Waals surface area contributed by atoms with Crippen LogP contribution >= 0.6 is 0 Å². The summed E-state index contributed by atoms with van der Waals surface area (Å²) in [5.41, 5.74) is 9.21. The standard InChI is InChI=1S/C39H26N4O/c40-38(44-24-25-10-2-1-3-11-25)26-18-20-27(21-19-26)42-34-16-8-7-14-30(34)32-22-33-37(23-36(32)42)43-35-17-9-6-13-29(35)28-12-4-5-15-31(28)39(43)41-33/h1-23,40H,24H2. The van der Waals surface area contributed by atoms with Crippen LogP contribution in [0.5, 0.6) is 0 Å². The van der Waals surface area contributed by atoms with Crippen molar-refractivity contribution in [2.24, 2.45) is 0 Å². The molecular weight excluding hydrogens is 540 g/mol. The Balaban J connectivity index is 1.24. The predicted molar refractivity (Wildman–Crippen MR) is 180 cm³/mol. The van der Waals surface area contributed by atoms with Crippen molar-refractivity contribution in [3.8, 4) is 5.69 Å². The summed E-state index contributed by atoms with van der Waals surface area (Å²) in [6.07, 6.45) is 0. The zero-order chi connectivity index (χ0) is 29.2. The third-order valence-electron chi connectivity index (χ3n) is 8.66. The molecule has 9 aromatic rings. The summed E-state index contributed by atoms with van der Waals surface area (Å²) in [6, 6.07) is 48.2. The van der Waals surface area contributed by atoms with E-state index in [1.165, 1.54) is 16.2 Å². The second-order valence-electron chi connectivity index (χ2n) is 11.2. The SMILES string of the molecule is N=C(OCc1ccccc1)c1ccc(-n2c3ccccc3c3cc4nc5c6ccccc6c6ccccc6n5c4cc32)cc1. The van der Waals surface area contributed by atoms with E-state index < -0.39 is 0 Å². The van der Waals surface area contributed by atoms with Crippen LogP contribution in [0.3, 0.4) is 0 Å². The van der Waals surface area contributed by atoms with E-state index in [0.29, 0.717) is 6.61 Å². The molecule has 0 amide bonds. The Morgan fingerprint density at radius 2 is 1.20 bits per heavy atom. The minimum Gasteiger partial charge on any atom is -0.473 e. The number of benzene rings is 6. The van der Waals surface area contributed by atoms with E-state index in [0.717, 1.165) is 60.8 Å². The van der Waals surface area contributed by atoms with Crippen LogP contribution in [0, 0.1) is 5.41 Å². The van der Waals surface area contributed by atoms with Crippen molar-refractivity contribution in [2.45, 2.75) is 6.61 Å². The number of fused-ring (bicyclic) bond motifs is 11. The van der Waals surface area contributed by atoms with Crippen LogP contribution in [0.2, 0.25) is 0 Å². The lowest BCUT2D eigenvalue weighted by atomic mass is 10.1. The van der Waals surface area contributed by atoms with Crippen LogP contribution in [0.25, 0.3) is 65.8 Å². The Bertz CT molecular complexity index is 2560. The second-order valence-corrected chi connectivity index (χ2v) is 11.2. The van der Waals surface area contributed by atoms with Crippen molar-refractivity contribution >= 4 is 66.1 Å². The van der Waals surface area contributed by atoms with Crippen LogP contribution in [0.4, 0.5) is 0 Å². The van der Waals surface area contributed by atoms with E-state index >= 15 is 0 Å². The molecule has 9 rings (SSSR count). The summed E-state index contributed by atoms with van der Waals surface area (Å²) in [4.78, 5) is 5.22. The van der Waals surface area contributed by atoms with Crippen molar-refractivity contribution in [1.82, 2.24) is 14.0 Å². The van der Waals surface area contributed by atoms with E-state index in [1.54, 1.807) is 0 Å². The highest BCUT2D eigenvalue weighted by Gasteiger charge is 2.18. The van der Waals surface area contributed by atoms with Gasteiger partial charge in [0, 0.05) is 32.8 Å². The van der Waals surface area contributed by atoms with Gasteiger partial charge < -0.3 is 9.30 Å². The first kappa shape index (κ1) is 24.6. The van der Waals surface area contributed by atoms with Crippen LogP contribution in [-0.2, 0) is 11.3 Å². The Morgan fingerprint density at radius 1 is 0.568 bits per heavy atom. The molecule has 0 aliphatic heterocycles. The minimum absolute atomic E-state index is 0.161. The molecule has 5 heteroatoms. The van der Waals surface area contributed by atoms with Crippen molar-refractivity contribution in [1.29, 1.82) is 5.41 Å². The molecule has 1 N–H and O–H groups in total. The van der Waals surface area contributed by atoms with E-state index in [2.05, 4.69) is 106 Å². The number of rotatable bonds is 4. The zero-order valence-corrected chi connectivity index (χ0v) is 23.7. The first-order valence-corrected chi connectivity index (χ1v) is 14.8. The maximum absolute atomic E-state index is 8.52. The Morgan fingerprint density at radius 3 is 1.98 bits per heavy atom. The van der Waals surface area contributed by atoms with E-state index in [9.17, 15) is 0 Å². The molecule has 0 saturated heterocycles. The topological polar surface area (TPSA) is 55.3 Å². The van der Waals surface area contributed by atoms with Gasteiger partial charge in [0.25, 0.3) is 0 Å². The number of hydrogen-bond donors (Lipinski definition) is 1. The highest BCUT2D eigenvalue weighted by atomic mass is 16.5. The van der Waals surface area contributed by atoms with E-state index in [-0.39, 0.29) is 5.90 Å². The number of nitrogens with zero attached hydrogens (tertiary/aromatic N) is 3. The molecule has 0 aliphatic carbocycles. The molecular formula is C39H26N4O. The molecule has 208 valence electrons. The lowest BCUT2D eigenvalue weighted by Gasteiger charge is -2.11. The maximum Gasteiger partial charge on any atom is 0.213 e. The average molecular weight is 567 g/mol. The van der Waals surface area contributed by atoms with Gasteiger partial charge >= 0.3 is 0 Å². The summed E-state index contributed by atoms with van der Waals surface area (Å²) in [7, 11) is 0. The largest absolute Gasteiger partial charge is 0.473 e. The van der Waals surface area contributed by atoms with Crippen LogP contribution < -0.4 is 0 Å². The summed E-state index contributed by atoms with van der Waals surface area (Å²) in [5, 5.41) is 14.4. The third kappa shape index (κ3) is 3.66. The lowest BCUT2D eigenvalue weighted by molar-refractivity contribution is 0.291. The summed E-state index contributed by atoms with van der Waals surface area (Å²) in [6.45, 7) is 0.369. The number of pyridine rings is 1. The smallest absolute Gasteiger partial charge is 0.213 e. The van der Waals surface area contributed by atoms with Gasteiger partial charge in [-0.1, -0.05) is 91.0 Å². The number of hydrogen-bond acceptors (Lipinski definition) is 3. The van der Waals surface area contributed by atoms with Crippen molar-refractivity contribution in [3.05, 3.63) is 151 Å². The van der Waals surface area contributed by atoms with Crippen LogP contribution in [-0.4, -0.2) is 19.8 Å². The van der Waals surface area contributed by atoms with Gasteiger partial charge in [0.15, 0.2) is 0 Å². The number of nitrogens with one attached hydrogen (secondary N) is 1. The fourth-order valence-electron chi connectivity index (χ4n) is 6.63. The monoisotopic (exact) mass is 566 g/mol. The first-order valence-electron chi connectivity index (χ1n) is 14.8. The fraction of sp³-hybridized carbons (Fsp3) is 0.0256. The molecule has 0 fully saturated rings. The number of ether oxygens (including phenoxy) is 1. The van der Waals surface area contributed by atoms with Gasteiger partial charge in [-0.3, -0.25) is 9.81 Å². The average Bonchev–Trinajstić information content (AvgIpc) is 3.62. The lowest BCUT2D eigenvalue weighted by Crippen LogP contribution is -2.05. The summed E-state index contributed by atoms with van der Waals surface area (Å²) in [5.74, 6) is 0.161.